The maximum atomic E-state index is 11.0. The third-order valence-corrected chi connectivity index (χ3v) is 3.64. The number of carbonyl (C=O) groups is 1. The van der Waals surface area contributed by atoms with Crippen LogP contribution in [-0.2, 0) is 0 Å². The summed E-state index contributed by atoms with van der Waals surface area (Å²) in [5, 5.41) is 0. The highest BCUT2D eigenvalue weighted by Gasteiger charge is 2.15. The van der Waals surface area contributed by atoms with Gasteiger partial charge >= 0.3 is 0 Å². The standard InChI is InChI=1S/C16H19NO2/c1-11-9-15(10-18)13(3)17(11)12(2)14-5-7-16(19-4)8-6-14/h5-10,12H,1-4H3. The summed E-state index contributed by atoms with van der Waals surface area (Å²) in [5.41, 5.74) is 4.07. The topological polar surface area (TPSA) is 31.2 Å². The van der Waals surface area contributed by atoms with E-state index in [1.165, 1.54) is 5.56 Å². The van der Waals surface area contributed by atoms with Crippen molar-refractivity contribution in [3.63, 3.8) is 0 Å². The third kappa shape index (κ3) is 2.41. The van der Waals surface area contributed by atoms with Crippen LogP contribution in [-0.4, -0.2) is 18.0 Å². The van der Waals surface area contributed by atoms with E-state index in [0.717, 1.165) is 29.0 Å². The molecule has 0 saturated carbocycles. The lowest BCUT2D eigenvalue weighted by Crippen LogP contribution is -2.10. The molecule has 0 radical (unpaired) electrons. The summed E-state index contributed by atoms with van der Waals surface area (Å²) in [6.45, 7) is 6.15. The van der Waals surface area contributed by atoms with Crippen molar-refractivity contribution in [2.75, 3.05) is 7.11 Å². The number of hydrogen-bond donors (Lipinski definition) is 0. The number of rotatable bonds is 4. The molecule has 1 aromatic heterocycles. The first-order valence-electron chi connectivity index (χ1n) is 6.36. The minimum atomic E-state index is 0.194. The van der Waals surface area contributed by atoms with Crippen molar-refractivity contribution in [3.8, 4) is 5.75 Å². The Bertz CT molecular complexity index is 582. The summed E-state index contributed by atoms with van der Waals surface area (Å²) in [4.78, 5) is 11.0. The second-order valence-corrected chi connectivity index (χ2v) is 4.76. The highest BCUT2D eigenvalue weighted by atomic mass is 16.5. The molecule has 0 saturated heterocycles. The zero-order valence-electron chi connectivity index (χ0n) is 11.8. The Balaban J connectivity index is 2.40. The second-order valence-electron chi connectivity index (χ2n) is 4.76. The van der Waals surface area contributed by atoms with Crippen molar-refractivity contribution in [2.24, 2.45) is 0 Å². The molecular formula is C16H19NO2. The number of methoxy groups -OCH3 is 1. The van der Waals surface area contributed by atoms with E-state index in [1.807, 2.05) is 32.0 Å². The molecule has 0 fully saturated rings. The molecule has 1 heterocycles. The average molecular weight is 257 g/mol. The number of ether oxygens (including phenoxy) is 1. The van der Waals surface area contributed by atoms with Crippen LogP contribution >= 0.6 is 0 Å². The van der Waals surface area contributed by atoms with Gasteiger partial charge in [0.05, 0.1) is 13.2 Å². The fraction of sp³-hybridized carbons (Fsp3) is 0.312. The molecule has 2 aromatic rings. The van der Waals surface area contributed by atoms with Crippen LogP contribution < -0.4 is 4.74 Å². The number of nitrogens with zero attached hydrogens (tertiary/aromatic N) is 1. The molecule has 3 heteroatoms. The van der Waals surface area contributed by atoms with E-state index in [2.05, 4.69) is 23.6 Å². The molecule has 0 aliphatic carbocycles. The van der Waals surface area contributed by atoms with Crippen molar-refractivity contribution in [1.82, 2.24) is 4.57 Å². The Morgan fingerprint density at radius 3 is 2.32 bits per heavy atom. The van der Waals surface area contributed by atoms with E-state index in [4.69, 9.17) is 4.74 Å². The molecule has 3 nitrogen and oxygen atoms in total. The van der Waals surface area contributed by atoms with Gasteiger partial charge in [-0.15, -0.1) is 0 Å². The van der Waals surface area contributed by atoms with Gasteiger partial charge in [-0.3, -0.25) is 4.79 Å². The molecule has 1 aromatic carbocycles. The summed E-state index contributed by atoms with van der Waals surface area (Å²) in [7, 11) is 1.66. The van der Waals surface area contributed by atoms with Gasteiger partial charge in [0, 0.05) is 17.0 Å². The Kier molecular flexibility index (Phi) is 3.74. The van der Waals surface area contributed by atoms with Gasteiger partial charge in [-0.05, 0) is 44.5 Å². The normalized spacial score (nSPS) is 12.2. The van der Waals surface area contributed by atoms with Crippen molar-refractivity contribution in [3.05, 3.63) is 52.8 Å². The van der Waals surface area contributed by atoms with E-state index in [1.54, 1.807) is 7.11 Å². The largest absolute Gasteiger partial charge is 0.497 e. The first-order valence-corrected chi connectivity index (χ1v) is 6.36. The van der Waals surface area contributed by atoms with Gasteiger partial charge < -0.3 is 9.30 Å². The van der Waals surface area contributed by atoms with Gasteiger partial charge in [-0.1, -0.05) is 12.1 Å². The fourth-order valence-corrected chi connectivity index (χ4v) is 2.55. The van der Waals surface area contributed by atoms with Gasteiger partial charge in [0.25, 0.3) is 0 Å². The minimum Gasteiger partial charge on any atom is -0.497 e. The SMILES string of the molecule is COc1ccc(C(C)n2c(C)cc(C=O)c2C)cc1. The maximum Gasteiger partial charge on any atom is 0.151 e. The highest BCUT2D eigenvalue weighted by molar-refractivity contribution is 5.77. The van der Waals surface area contributed by atoms with E-state index in [0.29, 0.717) is 0 Å². The summed E-state index contributed by atoms with van der Waals surface area (Å²) < 4.78 is 7.36. The highest BCUT2D eigenvalue weighted by Crippen LogP contribution is 2.26. The van der Waals surface area contributed by atoms with Crippen LogP contribution in [0.2, 0.25) is 0 Å². The molecular weight excluding hydrogens is 238 g/mol. The molecule has 0 aliphatic rings. The number of hydrogen-bond acceptors (Lipinski definition) is 2. The summed E-state index contributed by atoms with van der Waals surface area (Å²) >= 11 is 0. The monoisotopic (exact) mass is 257 g/mol. The number of aromatic nitrogens is 1. The lowest BCUT2D eigenvalue weighted by molar-refractivity contribution is 0.112. The molecule has 1 atom stereocenters. The maximum absolute atomic E-state index is 11.0. The smallest absolute Gasteiger partial charge is 0.151 e. The molecule has 19 heavy (non-hydrogen) atoms. The third-order valence-electron chi connectivity index (χ3n) is 3.64. The Hall–Kier alpha value is -2.03. The van der Waals surface area contributed by atoms with Gasteiger partial charge in [0.15, 0.2) is 6.29 Å². The lowest BCUT2D eigenvalue weighted by atomic mass is 10.1. The van der Waals surface area contributed by atoms with Crippen molar-refractivity contribution in [2.45, 2.75) is 26.8 Å². The number of benzene rings is 1. The number of aldehydes is 1. The predicted octanol–water partition coefficient (Wildman–Crippen LogP) is 3.54. The van der Waals surface area contributed by atoms with Crippen LogP contribution in [0.3, 0.4) is 0 Å². The molecule has 0 N–H and O–H groups in total. The molecule has 0 amide bonds. The van der Waals surface area contributed by atoms with E-state index in [9.17, 15) is 4.79 Å². The van der Waals surface area contributed by atoms with Crippen LogP contribution in [0.4, 0.5) is 0 Å². The van der Waals surface area contributed by atoms with Gasteiger partial charge in [0.1, 0.15) is 5.75 Å². The zero-order chi connectivity index (χ0) is 14.0. The van der Waals surface area contributed by atoms with Crippen molar-refractivity contribution < 1.29 is 9.53 Å². The second kappa shape index (κ2) is 5.31. The molecule has 0 aliphatic heterocycles. The van der Waals surface area contributed by atoms with Crippen LogP contribution in [0.25, 0.3) is 0 Å². The minimum absolute atomic E-state index is 0.194. The quantitative estimate of drug-likeness (QED) is 0.784. The molecule has 1 unspecified atom stereocenters. The van der Waals surface area contributed by atoms with E-state index < -0.39 is 0 Å². The summed E-state index contributed by atoms with van der Waals surface area (Å²) in [6, 6.07) is 10.2. The first kappa shape index (κ1) is 13.4. The van der Waals surface area contributed by atoms with Gasteiger partial charge in [-0.25, -0.2) is 0 Å². The van der Waals surface area contributed by atoms with E-state index in [-0.39, 0.29) is 6.04 Å². The first-order chi connectivity index (χ1) is 9.08. The average Bonchev–Trinajstić information content (AvgIpc) is 2.72. The molecule has 0 bridgehead atoms. The number of aryl methyl sites for hydroxylation is 1. The van der Waals surface area contributed by atoms with E-state index >= 15 is 0 Å². The Labute approximate surface area is 113 Å². The molecule has 0 spiro atoms. The van der Waals surface area contributed by atoms with Crippen molar-refractivity contribution in [1.29, 1.82) is 0 Å². The van der Waals surface area contributed by atoms with Crippen LogP contribution in [0.1, 0.15) is 40.3 Å². The predicted molar refractivity (Wildman–Crippen MR) is 76.1 cm³/mol. The molecule has 100 valence electrons. The lowest BCUT2D eigenvalue weighted by Gasteiger charge is -2.19. The van der Waals surface area contributed by atoms with Crippen LogP contribution in [0.15, 0.2) is 30.3 Å². The van der Waals surface area contributed by atoms with Crippen LogP contribution in [0, 0.1) is 13.8 Å². The Morgan fingerprint density at radius 2 is 1.84 bits per heavy atom. The zero-order valence-corrected chi connectivity index (χ0v) is 11.8. The summed E-state index contributed by atoms with van der Waals surface area (Å²) in [5.74, 6) is 0.852. The summed E-state index contributed by atoms with van der Waals surface area (Å²) in [6.07, 6.45) is 0.916. The number of carbonyl (C=O) groups excluding carboxylic acids is 1. The Morgan fingerprint density at radius 1 is 1.21 bits per heavy atom. The van der Waals surface area contributed by atoms with Crippen molar-refractivity contribution >= 4 is 6.29 Å². The van der Waals surface area contributed by atoms with Gasteiger partial charge in [0.2, 0.25) is 0 Å². The van der Waals surface area contributed by atoms with Crippen LogP contribution in [0.5, 0.6) is 5.75 Å². The fourth-order valence-electron chi connectivity index (χ4n) is 2.55. The molecule has 2 rings (SSSR count). The van der Waals surface area contributed by atoms with Gasteiger partial charge in [-0.2, -0.15) is 0 Å².